The lowest BCUT2D eigenvalue weighted by Gasteiger charge is -2.39. The standard InChI is InChI=1S/C22H31NO.ClH/c1-17-8-6-9-18(2)23(17)15-5-4-10-19-11-7-12-20-16-21(24-3)13-14-22(19)20;/h7,11-14,16-18H,4-6,8-10,15H2,1-3H3;1H/t17-,18+;. The third-order valence-electron chi connectivity index (χ3n) is 5.67. The smallest absolute Gasteiger partial charge is 0.119 e. The van der Waals surface area contributed by atoms with Crippen molar-refractivity contribution in [2.24, 2.45) is 0 Å². The summed E-state index contributed by atoms with van der Waals surface area (Å²) in [4.78, 5) is 2.72. The summed E-state index contributed by atoms with van der Waals surface area (Å²) in [5.41, 5.74) is 1.47. The molecule has 1 fully saturated rings. The summed E-state index contributed by atoms with van der Waals surface area (Å²) in [6.45, 7) is 6.04. The summed E-state index contributed by atoms with van der Waals surface area (Å²) >= 11 is 0. The minimum absolute atomic E-state index is 0. The number of ether oxygens (including phenoxy) is 1. The van der Waals surface area contributed by atoms with E-state index in [1.807, 2.05) is 0 Å². The van der Waals surface area contributed by atoms with Gasteiger partial charge in [0.1, 0.15) is 5.75 Å². The molecule has 25 heavy (non-hydrogen) atoms. The number of piperidine rings is 1. The number of halogens is 1. The summed E-state index contributed by atoms with van der Waals surface area (Å²) in [5.74, 6) is 0.938. The zero-order valence-corrected chi connectivity index (χ0v) is 16.6. The predicted molar refractivity (Wildman–Crippen MR) is 110 cm³/mol. The molecule has 3 rings (SSSR count). The van der Waals surface area contributed by atoms with Crippen molar-refractivity contribution < 1.29 is 4.74 Å². The Morgan fingerprint density at radius 1 is 1.04 bits per heavy atom. The van der Waals surface area contributed by atoms with Gasteiger partial charge < -0.3 is 4.74 Å². The molecule has 0 amide bonds. The monoisotopic (exact) mass is 361 g/mol. The van der Waals surface area contributed by atoms with Crippen LogP contribution in [-0.2, 0) is 6.42 Å². The second-order valence-corrected chi connectivity index (χ2v) is 7.33. The Morgan fingerprint density at radius 2 is 1.80 bits per heavy atom. The highest BCUT2D eigenvalue weighted by Gasteiger charge is 2.23. The van der Waals surface area contributed by atoms with E-state index in [-0.39, 0.29) is 12.4 Å². The highest BCUT2D eigenvalue weighted by molar-refractivity contribution is 5.87. The number of benzene rings is 2. The first-order valence-electron chi connectivity index (χ1n) is 9.50. The molecule has 0 aliphatic carbocycles. The molecule has 0 saturated carbocycles. The van der Waals surface area contributed by atoms with Crippen molar-refractivity contribution in [3.05, 3.63) is 42.0 Å². The lowest BCUT2D eigenvalue weighted by atomic mass is 9.96. The van der Waals surface area contributed by atoms with E-state index in [0.29, 0.717) is 0 Å². The summed E-state index contributed by atoms with van der Waals surface area (Å²) in [6.07, 6.45) is 7.87. The van der Waals surface area contributed by atoms with E-state index < -0.39 is 0 Å². The van der Waals surface area contributed by atoms with Crippen molar-refractivity contribution in [2.45, 2.75) is 64.5 Å². The van der Waals surface area contributed by atoms with Crippen LogP contribution in [0.5, 0.6) is 5.75 Å². The summed E-state index contributed by atoms with van der Waals surface area (Å²) < 4.78 is 5.34. The van der Waals surface area contributed by atoms with Crippen LogP contribution >= 0.6 is 12.4 Å². The van der Waals surface area contributed by atoms with Gasteiger partial charge in [-0.05, 0) is 81.0 Å². The fourth-order valence-electron chi connectivity index (χ4n) is 4.20. The number of likely N-dealkylation sites (tertiary alicyclic amines) is 1. The summed E-state index contributed by atoms with van der Waals surface area (Å²) in [7, 11) is 1.73. The van der Waals surface area contributed by atoms with Gasteiger partial charge in [-0.1, -0.05) is 30.7 Å². The molecule has 0 spiro atoms. The van der Waals surface area contributed by atoms with E-state index in [9.17, 15) is 0 Å². The molecular weight excluding hydrogens is 330 g/mol. The van der Waals surface area contributed by atoms with Crippen molar-refractivity contribution in [2.75, 3.05) is 13.7 Å². The molecule has 0 unspecified atom stereocenters. The Labute approximate surface area is 159 Å². The molecule has 3 heteroatoms. The van der Waals surface area contributed by atoms with Crippen LogP contribution in [0.1, 0.15) is 51.5 Å². The fourth-order valence-corrected chi connectivity index (χ4v) is 4.20. The molecule has 2 aromatic carbocycles. The first-order chi connectivity index (χ1) is 11.7. The average molecular weight is 362 g/mol. The average Bonchev–Trinajstić information content (AvgIpc) is 2.60. The minimum Gasteiger partial charge on any atom is -0.497 e. The van der Waals surface area contributed by atoms with Gasteiger partial charge in [0.15, 0.2) is 0 Å². The third-order valence-corrected chi connectivity index (χ3v) is 5.67. The van der Waals surface area contributed by atoms with Gasteiger partial charge in [-0.2, -0.15) is 0 Å². The number of hydrogen-bond donors (Lipinski definition) is 0. The van der Waals surface area contributed by atoms with Crippen LogP contribution in [0.15, 0.2) is 36.4 Å². The van der Waals surface area contributed by atoms with Crippen molar-refractivity contribution in [3.63, 3.8) is 0 Å². The van der Waals surface area contributed by atoms with E-state index in [1.54, 1.807) is 7.11 Å². The van der Waals surface area contributed by atoms with Crippen LogP contribution in [0, 0.1) is 0 Å². The van der Waals surface area contributed by atoms with E-state index in [4.69, 9.17) is 4.74 Å². The van der Waals surface area contributed by atoms with Crippen molar-refractivity contribution in [1.29, 1.82) is 0 Å². The van der Waals surface area contributed by atoms with Crippen LogP contribution in [0.3, 0.4) is 0 Å². The van der Waals surface area contributed by atoms with Gasteiger partial charge in [0.2, 0.25) is 0 Å². The number of hydrogen-bond acceptors (Lipinski definition) is 2. The second kappa shape index (κ2) is 9.45. The maximum absolute atomic E-state index is 5.34. The Bertz CT molecular complexity index is 662. The van der Waals surface area contributed by atoms with Gasteiger partial charge in [-0.3, -0.25) is 4.90 Å². The Kier molecular flexibility index (Phi) is 7.58. The number of nitrogens with zero attached hydrogens (tertiary/aromatic N) is 1. The Morgan fingerprint density at radius 3 is 2.52 bits per heavy atom. The van der Waals surface area contributed by atoms with E-state index in [1.165, 1.54) is 61.4 Å². The van der Waals surface area contributed by atoms with Gasteiger partial charge in [0.25, 0.3) is 0 Å². The molecule has 1 saturated heterocycles. The third kappa shape index (κ3) is 4.89. The van der Waals surface area contributed by atoms with E-state index in [2.05, 4.69) is 55.1 Å². The Hall–Kier alpha value is -1.25. The van der Waals surface area contributed by atoms with Crippen LogP contribution in [0.4, 0.5) is 0 Å². The van der Waals surface area contributed by atoms with Gasteiger partial charge in [0, 0.05) is 12.1 Å². The van der Waals surface area contributed by atoms with Gasteiger partial charge in [0.05, 0.1) is 7.11 Å². The van der Waals surface area contributed by atoms with Crippen molar-refractivity contribution in [3.8, 4) is 5.75 Å². The molecule has 0 bridgehead atoms. The van der Waals surface area contributed by atoms with Crippen molar-refractivity contribution >= 4 is 23.2 Å². The number of methoxy groups -OCH3 is 1. The topological polar surface area (TPSA) is 12.5 Å². The zero-order chi connectivity index (χ0) is 16.9. The Balaban J connectivity index is 0.00000225. The number of fused-ring (bicyclic) bond motifs is 1. The van der Waals surface area contributed by atoms with Crippen LogP contribution < -0.4 is 4.74 Å². The lowest BCUT2D eigenvalue weighted by molar-refractivity contribution is 0.101. The second-order valence-electron chi connectivity index (χ2n) is 7.33. The predicted octanol–water partition coefficient (Wildman–Crippen LogP) is 5.86. The molecule has 0 radical (unpaired) electrons. The van der Waals surface area contributed by atoms with Crippen molar-refractivity contribution in [1.82, 2.24) is 4.90 Å². The van der Waals surface area contributed by atoms with Gasteiger partial charge in [-0.15, -0.1) is 12.4 Å². The highest BCUT2D eigenvalue weighted by Crippen LogP contribution is 2.26. The maximum atomic E-state index is 5.34. The summed E-state index contributed by atoms with van der Waals surface area (Å²) in [5, 5.41) is 2.66. The molecule has 1 aliphatic rings. The molecule has 0 N–H and O–H groups in total. The van der Waals surface area contributed by atoms with Gasteiger partial charge >= 0.3 is 0 Å². The molecule has 2 atom stereocenters. The zero-order valence-electron chi connectivity index (χ0n) is 15.8. The van der Waals surface area contributed by atoms with Crippen LogP contribution in [0.25, 0.3) is 10.8 Å². The summed E-state index contributed by atoms with van der Waals surface area (Å²) in [6, 6.07) is 14.6. The molecular formula is C22H32ClNO. The number of unbranched alkanes of at least 4 members (excludes halogenated alkanes) is 1. The largest absolute Gasteiger partial charge is 0.497 e. The number of rotatable bonds is 6. The lowest BCUT2D eigenvalue weighted by Crippen LogP contribution is -2.44. The van der Waals surface area contributed by atoms with E-state index >= 15 is 0 Å². The first kappa shape index (κ1) is 20.1. The molecule has 0 aromatic heterocycles. The normalized spacial score (nSPS) is 21.1. The SMILES string of the molecule is COc1ccc2c(CCCCN3[C@H](C)CCC[C@@H]3C)cccc2c1.Cl. The molecule has 138 valence electrons. The number of aryl methyl sites for hydroxylation is 1. The molecule has 2 aromatic rings. The van der Waals surface area contributed by atoms with E-state index in [0.717, 1.165) is 17.8 Å². The maximum Gasteiger partial charge on any atom is 0.119 e. The quantitative estimate of drug-likeness (QED) is 0.598. The van der Waals surface area contributed by atoms with Crippen LogP contribution in [0.2, 0.25) is 0 Å². The van der Waals surface area contributed by atoms with Gasteiger partial charge in [-0.25, -0.2) is 0 Å². The van der Waals surface area contributed by atoms with Crippen LogP contribution in [-0.4, -0.2) is 30.6 Å². The molecule has 2 nitrogen and oxygen atoms in total. The first-order valence-corrected chi connectivity index (χ1v) is 9.50. The molecule has 1 aliphatic heterocycles. The molecule has 1 heterocycles. The highest BCUT2D eigenvalue weighted by atomic mass is 35.5. The minimum atomic E-state index is 0. The fraction of sp³-hybridized carbons (Fsp3) is 0.545.